The van der Waals surface area contributed by atoms with E-state index < -0.39 is 12.1 Å². The summed E-state index contributed by atoms with van der Waals surface area (Å²) in [6.45, 7) is 0.545. The van der Waals surface area contributed by atoms with E-state index in [1.54, 1.807) is 12.1 Å². The zero-order valence-corrected chi connectivity index (χ0v) is 16.9. The number of imide groups is 1. The largest absolute Gasteiger partial charge is 0.467 e. The first-order valence-corrected chi connectivity index (χ1v) is 10.1. The topological polar surface area (TPSA) is 107 Å². The fourth-order valence-electron chi connectivity index (χ4n) is 3.54. The van der Waals surface area contributed by atoms with Crippen molar-refractivity contribution in [3.63, 3.8) is 0 Å². The van der Waals surface area contributed by atoms with E-state index in [4.69, 9.17) is 16.0 Å². The summed E-state index contributed by atoms with van der Waals surface area (Å²) in [7, 11) is 0. The third-order valence-corrected chi connectivity index (χ3v) is 5.34. The van der Waals surface area contributed by atoms with Crippen molar-refractivity contribution in [3.8, 4) is 0 Å². The number of carbonyl (C=O) groups excluding carboxylic acids is 3. The molecule has 0 spiro atoms. The zero-order valence-electron chi connectivity index (χ0n) is 16.1. The van der Waals surface area contributed by atoms with Crippen LogP contribution in [0, 0.1) is 0 Å². The van der Waals surface area contributed by atoms with Crippen molar-refractivity contribution in [2.45, 2.75) is 31.8 Å². The van der Waals surface area contributed by atoms with Crippen LogP contribution in [0.3, 0.4) is 0 Å². The molecule has 30 heavy (non-hydrogen) atoms. The van der Waals surface area contributed by atoms with Crippen molar-refractivity contribution in [3.05, 3.63) is 59.1 Å². The minimum absolute atomic E-state index is 0.0784. The monoisotopic (exact) mass is 428 g/mol. The number of halogens is 1. The Hall–Kier alpha value is -3.26. The Morgan fingerprint density at radius 2 is 2.13 bits per heavy atom. The summed E-state index contributed by atoms with van der Waals surface area (Å²) < 4.78 is 5.19. The number of aromatic amines is 1. The number of urea groups is 1. The highest BCUT2D eigenvalue weighted by Gasteiger charge is 2.38. The summed E-state index contributed by atoms with van der Waals surface area (Å²) in [6.07, 6.45) is 4.44. The van der Waals surface area contributed by atoms with Gasteiger partial charge in [0, 0.05) is 35.1 Å². The van der Waals surface area contributed by atoms with Gasteiger partial charge in [-0.2, -0.15) is 0 Å². The van der Waals surface area contributed by atoms with Gasteiger partial charge in [-0.25, -0.2) is 4.79 Å². The fourth-order valence-corrected chi connectivity index (χ4v) is 3.71. The lowest BCUT2D eigenvalue weighted by Crippen LogP contribution is -2.33. The summed E-state index contributed by atoms with van der Waals surface area (Å²) >= 11 is 6.06. The number of aromatic nitrogens is 1. The smallest absolute Gasteiger partial charge is 0.325 e. The van der Waals surface area contributed by atoms with Gasteiger partial charge in [0.15, 0.2) is 0 Å². The van der Waals surface area contributed by atoms with Crippen LogP contribution in [-0.2, 0) is 22.6 Å². The highest BCUT2D eigenvalue weighted by molar-refractivity contribution is 6.31. The molecule has 1 saturated heterocycles. The average molecular weight is 429 g/mol. The van der Waals surface area contributed by atoms with Crippen molar-refractivity contribution in [1.29, 1.82) is 0 Å². The van der Waals surface area contributed by atoms with Crippen LogP contribution < -0.4 is 10.6 Å². The summed E-state index contributed by atoms with van der Waals surface area (Å²) in [6, 6.07) is 7.86. The summed E-state index contributed by atoms with van der Waals surface area (Å²) in [5.41, 5.74) is 2.06. The summed E-state index contributed by atoms with van der Waals surface area (Å²) in [5.74, 6) is 0.00902. The van der Waals surface area contributed by atoms with Gasteiger partial charge in [0.2, 0.25) is 5.91 Å². The molecular weight excluding hydrogens is 408 g/mol. The predicted octanol–water partition coefficient (Wildman–Crippen LogP) is 2.97. The first-order valence-electron chi connectivity index (χ1n) is 9.68. The second-order valence-corrected chi connectivity index (χ2v) is 7.58. The van der Waals surface area contributed by atoms with E-state index in [2.05, 4.69) is 15.6 Å². The number of rotatable bonds is 8. The van der Waals surface area contributed by atoms with Crippen molar-refractivity contribution >= 4 is 40.3 Å². The molecule has 1 fully saturated rings. The number of hydrogen-bond acceptors (Lipinski definition) is 4. The number of nitrogens with zero attached hydrogens (tertiary/aromatic N) is 1. The van der Waals surface area contributed by atoms with Crippen LogP contribution in [0.5, 0.6) is 0 Å². The van der Waals surface area contributed by atoms with Gasteiger partial charge in [-0.3, -0.25) is 14.5 Å². The molecule has 0 unspecified atom stereocenters. The third-order valence-electron chi connectivity index (χ3n) is 5.11. The Bertz CT molecular complexity index is 1080. The molecule has 4 amide bonds. The van der Waals surface area contributed by atoms with Crippen LogP contribution >= 0.6 is 11.6 Å². The predicted molar refractivity (Wildman–Crippen MR) is 111 cm³/mol. The molecule has 3 N–H and O–H groups in total. The second kappa shape index (κ2) is 8.62. The Morgan fingerprint density at radius 3 is 2.93 bits per heavy atom. The van der Waals surface area contributed by atoms with Crippen LogP contribution in [0.4, 0.5) is 4.79 Å². The van der Waals surface area contributed by atoms with Crippen LogP contribution in [-0.4, -0.2) is 40.3 Å². The quantitative estimate of drug-likeness (QED) is 0.479. The van der Waals surface area contributed by atoms with Gasteiger partial charge < -0.3 is 20.0 Å². The Kier molecular flexibility index (Phi) is 5.76. The van der Waals surface area contributed by atoms with Crippen molar-refractivity contribution in [1.82, 2.24) is 20.5 Å². The van der Waals surface area contributed by atoms with Gasteiger partial charge in [-0.15, -0.1) is 0 Å². The maximum absolute atomic E-state index is 12.4. The molecule has 0 saturated carbocycles. The minimum atomic E-state index is -0.700. The summed E-state index contributed by atoms with van der Waals surface area (Å²) in [5, 5.41) is 7.18. The molecule has 1 atom stereocenters. The number of H-pyrrole nitrogens is 1. The molecule has 1 aromatic carbocycles. The SMILES string of the molecule is O=C(CC[C@@H]1NC(=O)N(Cc2ccco2)C1=O)NCCc1c[nH]c2ccc(Cl)cc12. The van der Waals surface area contributed by atoms with Crippen LogP contribution in [0.2, 0.25) is 5.02 Å². The molecule has 0 radical (unpaired) electrons. The van der Waals surface area contributed by atoms with Crippen LogP contribution in [0.25, 0.3) is 10.9 Å². The summed E-state index contributed by atoms with van der Waals surface area (Å²) in [4.78, 5) is 40.9. The van der Waals surface area contributed by atoms with E-state index in [9.17, 15) is 14.4 Å². The van der Waals surface area contributed by atoms with Crippen LogP contribution in [0.1, 0.15) is 24.2 Å². The van der Waals surface area contributed by atoms with Gasteiger partial charge in [0.05, 0.1) is 12.8 Å². The zero-order chi connectivity index (χ0) is 21.1. The molecule has 1 aliphatic heterocycles. The molecule has 8 nitrogen and oxygen atoms in total. The van der Waals surface area contributed by atoms with Crippen LogP contribution in [0.15, 0.2) is 47.2 Å². The van der Waals surface area contributed by atoms with Gasteiger partial charge in [-0.05, 0) is 48.7 Å². The lowest BCUT2D eigenvalue weighted by molar-refractivity contribution is -0.128. The Labute approximate surface area is 177 Å². The van der Waals surface area contributed by atoms with Gasteiger partial charge in [0.1, 0.15) is 11.8 Å². The van der Waals surface area contributed by atoms with Gasteiger partial charge in [-0.1, -0.05) is 11.6 Å². The molecule has 4 rings (SSSR count). The van der Waals surface area contributed by atoms with E-state index in [1.165, 1.54) is 6.26 Å². The number of hydrogen-bond donors (Lipinski definition) is 3. The minimum Gasteiger partial charge on any atom is -0.467 e. The Balaban J connectivity index is 1.23. The fraction of sp³-hybridized carbons (Fsp3) is 0.286. The molecule has 2 aromatic heterocycles. The normalized spacial score (nSPS) is 16.3. The highest BCUT2D eigenvalue weighted by atomic mass is 35.5. The molecule has 156 valence electrons. The number of fused-ring (bicyclic) bond motifs is 1. The first-order chi connectivity index (χ1) is 14.5. The van der Waals surface area contributed by atoms with E-state index in [1.807, 2.05) is 24.4 Å². The molecule has 0 aliphatic carbocycles. The van der Waals surface area contributed by atoms with Crippen molar-refractivity contribution < 1.29 is 18.8 Å². The maximum atomic E-state index is 12.4. The second-order valence-electron chi connectivity index (χ2n) is 7.15. The standard InChI is InChI=1S/C21H21ClN4O4/c22-14-3-4-17-16(10-14)13(11-24-17)7-8-23-19(27)6-5-18-20(28)26(21(29)25-18)12-15-2-1-9-30-15/h1-4,9-11,18,24H,5-8,12H2,(H,23,27)(H,25,29)/t18-/m0/s1. The first kappa shape index (κ1) is 20.0. The van der Waals surface area contributed by atoms with Crippen molar-refractivity contribution in [2.75, 3.05) is 6.54 Å². The maximum Gasteiger partial charge on any atom is 0.325 e. The van der Waals surface area contributed by atoms with Gasteiger partial charge in [0.25, 0.3) is 5.91 Å². The van der Waals surface area contributed by atoms with E-state index in [0.29, 0.717) is 23.7 Å². The molecule has 1 aliphatic rings. The lowest BCUT2D eigenvalue weighted by atomic mass is 10.1. The molecular formula is C21H21ClN4O4. The van der Waals surface area contributed by atoms with E-state index >= 15 is 0 Å². The molecule has 0 bridgehead atoms. The van der Waals surface area contributed by atoms with E-state index in [0.717, 1.165) is 21.4 Å². The van der Waals surface area contributed by atoms with Gasteiger partial charge >= 0.3 is 6.03 Å². The molecule has 9 heteroatoms. The third kappa shape index (κ3) is 4.33. The van der Waals surface area contributed by atoms with E-state index in [-0.39, 0.29) is 31.2 Å². The number of furan rings is 1. The number of carbonyl (C=O) groups is 3. The number of benzene rings is 1. The van der Waals surface area contributed by atoms with Crippen molar-refractivity contribution in [2.24, 2.45) is 0 Å². The highest BCUT2D eigenvalue weighted by Crippen LogP contribution is 2.22. The average Bonchev–Trinajstić information content (AvgIpc) is 3.43. The Morgan fingerprint density at radius 1 is 1.27 bits per heavy atom. The molecule has 3 heterocycles. The number of nitrogens with one attached hydrogen (secondary N) is 3. The number of amides is 4. The lowest BCUT2D eigenvalue weighted by Gasteiger charge is -2.11. The molecule has 3 aromatic rings.